The van der Waals surface area contributed by atoms with E-state index in [-0.39, 0.29) is 0 Å². The average molecular weight is 264 g/mol. The fourth-order valence-corrected chi connectivity index (χ4v) is 2.62. The Labute approximate surface area is 118 Å². The minimum atomic E-state index is 0.306. The van der Waals surface area contributed by atoms with Gasteiger partial charge in [0, 0.05) is 13.1 Å². The lowest BCUT2D eigenvalue weighted by molar-refractivity contribution is 0.754. The highest BCUT2D eigenvalue weighted by Gasteiger charge is 2.16. The number of pyridine rings is 1. The molecule has 20 heavy (non-hydrogen) atoms. The van der Waals surface area contributed by atoms with Crippen LogP contribution in [-0.2, 0) is 13.0 Å². The van der Waals surface area contributed by atoms with Crippen LogP contribution in [0.25, 0.3) is 0 Å². The molecule has 1 aromatic heterocycles. The monoisotopic (exact) mass is 264 g/mol. The Hall–Kier alpha value is -2.54. The quantitative estimate of drug-likeness (QED) is 0.859. The fraction of sp³-hybridized carbons (Fsp3) is 0.250. The third-order valence-electron chi connectivity index (χ3n) is 3.70. The molecule has 1 aliphatic heterocycles. The summed E-state index contributed by atoms with van der Waals surface area (Å²) in [6.07, 6.45) is 2.18. The smallest absolute Gasteiger partial charge is 0.165 e. The van der Waals surface area contributed by atoms with Crippen LogP contribution in [-0.4, -0.2) is 11.5 Å². The molecule has 1 aliphatic rings. The predicted molar refractivity (Wildman–Crippen MR) is 79.2 cm³/mol. The van der Waals surface area contributed by atoms with Crippen molar-refractivity contribution in [3.8, 4) is 6.07 Å². The maximum Gasteiger partial charge on any atom is 0.165 e. The summed E-state index contributed by atoms with van der Waals surface area (Å²) in [4.78, 5) is 6.58. The van der Waals surface area contributed by atoms with Crippen molar-refractivity contribution in [2.45, 2.75) is 19.4 Å². The molecule has 0 unspecified atom stereocenters. The van der Waals surface area contributed by atoms with E-state index in [0.717, 1.165) is 31.7 Å². The minimum absolute atomic E-state index is 0.306. The molecular weight excluding hydrogens is 248 g/mol. The third-order valence-corrected chi connectivity index (χ3v) is 3.70. The van der Waals surface area contributed by atoms with E-state index in [4.69, 9.17) is 11.0 Å². The zero-order chi connectivity index (χ0) is 13.9. The van der Waals surface area contributed by atoms with Gasteiger partial charge in [-0.15, -0.1) is 0 Å². The number of fused-ring (bicyclic) bond motifs is 1. The molecule has 0 bridgehead atoms. The predicted octanol–water partition coefficient (Wildman–Crippen LogP) is 2.49. The van der Waals surface area contributed by atoms with Crippen molar-refractivity contribution in [3.05, 3.63) is 53.2 Å². The standard InChI is InChI=1S/C16H16N4/c17-10-15-14(18)7-8-16(19-15)20-9-3-6-12-4-1-2-5-13(12)11-20/h1-2,4-5,7-8H,3,6,9,11,18H2. The Kier molecular flexibility index (Phi) is 3.26. The first-order valence-corrected chi connectivity index (χ1v) is 6.76. The van der Waals surface area contributed by atoms with Gasteiger partial charge in [-0.3, -0.25) is 0 Å². The number of aryl methyl sites for hydroxylation is 1. The van der Waals surface area contributed by atoms with Crippen molar-refractivity contribution in [1.82, 2.24) is 4.98 Å². The third kappa shape index (κ3) is 2.30. The summed E-state index contributed by atoms with van der Waals surface area (Å²) in [5, 5.41) is 9.04. The second kappa shape index (κ2) is 5.22. The molecule has 0 radical (unpaired) electrons. The molecule has 0 saturated heterocycles. The highest BCUT2D eigenvalue weighted by Crippen LogP contribution is 2.23. The van der Waals surface area contributed by atoms with Crippen LogP contribution in [0.3, 0.4) is 0 Å². The molecule has 2 N–H and O–H groups in total. The van der Waals surface area contributed by atoms with Crippen molar-refractivity contribution < 1.29 is 0 Å². The molecule has 4 nitrogen and oxygen atoms in total. The Morgan fingerprint density at radius 3 is 2.75 bits per heavy atom. The Morgan fingerprint density at radius 2 is 1.95 bits per heavy atom. The van der Waals surface area contributed by atoms with Crippen molar-refractivity contribution >= 4 is 11.5 Å². The number of anilines is 2. The summed E-state index contributed by atoms with van der Waals surface area (Å²) in [5.74, 6) is 0.826. The van der Waals surface area contributed by atoms with Crippen molar-refractivity contribution in [2.24, 2.45) is 0 Å². The number of nitrogens with two attached hydrogens (primary N) is 1. The van der Waals surface area contributed by atoms with Crippen molar-refractivity contribution in [3.63, 3.8) is 0 Å². The van der Waals surface area contributed by atoms with Gasteiger partial charge in [0.25, 0.3) is 0 Å². The van der Waals surface area contributed by atoms with E-state index in [2.05, 4.69) is 34.1 Å². The van der Waals surface area contributed by atoms with Crippen LogP contribution in [0.15, 0.2) is 36.4 Å². The first kappa shape index (κ1) is 12.5. The van der Waals surface area contributed by atoms with Crippen LogP contribution < -0.4 is 10.6 Å². The zero-order valence-electron chi connectivity index (χ0n) is 11.2. The van der Waals surface area contributed by atoms with Crippen LogP contribution in [0.5, 0.6) is 0 Å². The van der Waals surface area contributed by atoms with E-state index >= 15 is 0 Å². The maximum absolute atomic E-state index is 9.04. The molecule has 1 aromatic carbocycles. The van der Waals surface area contributed by atoms with Crippen LogP contribution in [0.1, 0.15) is 23.2 Å². The van der Waals surface area contributed by atoms with Crippen molar-refractivity contribution in [1.29, 1.82) is 5.26 Å². The number of nitrogens with zero attached hydrogens (tertiary/aromatic N) is 3. The minimum Gasteiger partial charge on any atom is -0.396 e. The Morgan fingerprint density at radius 1 is 1.15 bits per heavy atom. The highest BCUT2D eigenvalue weighted by atomic mass is 15.2. The summed E-state index contributed by atoms with van der Waals surface area (Å²) < 4.78 is 0. The summed E-state index contributed by atoms with van der Waals surface area (Å²) in [5.41, 5.74) is 9.22. The van der Waals surface area contributed by atoms with E-state index in [9.17, 15) is 0 Å². The van der Waals surface area contributed by atoms with Gasteiger partial charge in [-0.05, 0) is 36.1 Å². The lowest BCUT2D eigenvalue weighted by Gasteiger charge is -2.22. The topological polar surface area (TPSA) is 65.9 Å². The molecule has 0 spiro atoms. The van der Waals surface area contributed by atoms with E-state index in [1.807, 2.05) is 12.1 Å². The summed E-state index contributed by atoms with van der Waals surface area (Å²) in [6.45, 7) is 1.77. The highest BCUT2D eigenvalue weighted by molar-refractivity contribution is 5.55. The molecule has 3 rings (SSSR count). The van der Waals surface area contributed by atoms with Gasteiger partial charge < -0.3 is 10.6 Å². The van der Waals surface area contributed by atoms with Gasteiger partial charge in [-0.1, -0.05) is 24.3 Å². The lowest BCUT2D eigenvalue weighted by Crippen LogP contribution is -2.23. The van der Waals surface area contributed by atoms with Gasteiger partial charge in [0.1, 0.15) is 11.9 Å². The second-order valence-electron chi connectivity index (χ2n) is 5.01. The second-order valence-corrected chi connectivity index (χ2v) is 5.01. The number of rotatable bonds is 1. The van der Waals surface area contributed by atoms with Gasteiger partial charge in [-0.2, -0.15) is 5.26 Å². The average Bonchev–Trinajstić information content (AvgIpc) is 2.70. The molecule has 0 aliphatic carbocycles. The van der Waals surface area contributed by atoms with Crippen LogP contribution in [0.4, 0.5) is 11.5 Å². The van der Waals surface area contributed by atoms with Crippen LogP contribution >= 0.6 is 0 Å². The van der Waals surface area contributed by atoms with E-state index in [1.54, 1.807) is 6.07 Å². The number of hydrogen-bond donors (Lipinski definition) is 1. The largest absolute Gasteiger partial charge is 0.396 e. The SMILES string of the molecule is N#Cc1nc(N2CCCc3ccccc3C2)ccc1N. The number of nitriles is 1. The van der Waals surface area contributed by atoms with Gasteiger partial charge in [-0.25, -0.2) is 4.98 Å². The molecule has 0 fully saturated rings. The van der Waals surface area contributed by atoms with Gasteiger partial charge in [0.2, 0.25) is 0 Å². The normalized spacial score (nSPS) is 14.2. The van der Waals surface area contributed by atoms with Crippen LogP contribution in [0.2, 0.25) is 0 Å². The molecule has 100 valence electrons. The first-order valence-electron chi connectivity index (χ1n) is 6.76. The number of aromatic nitrogens is 1. The lowest BCUT2D eigenvalue weighted by atomic mass is 10.0. The Bertz CT molecular complexity index is 672. The zero-order valence-corrected chi connectivity index (χ0v) is 11.2. The van der Waals surface area contributed by atoms with E-state index in [0.29, 0.717) is 11.4 Å². The molecule has 2 aromatic rings. The molecule has 0 saturated carbocycles. The molecule has 4 heteroatoms. The maximum atomic E-state index is 9.04. The summed E-state index contributed by atoms with van der Waals surface area (Å²) in [6, 6.07) is 14.2. The first-order chi connectivity index (χ1) is 9.78. The van der Waals surface area contributed by atoms with E-state index < -0.39 is 0 Å². The number of benzene rings is 1. The van der Waals surface area contributed by atoms with Gasteiger partial charge in [0.15, 0.2) is 5.69 Å². The molecular formula is C16H16N4. The number of nitrogen functional groups attached to an aromatic ring is 1. The Balaban J connectivity index is 1.94. The van der Waals surface area contributed by atoms with Crippen molar-refractivity contribution in [2.75, 3.05) is 17.2 Å². The molecule has 0 amide bonds. The van der Waals surface area contributed by atoms with Gasteiger partial charge in [0.05, 0.1) is 5.69 Å². The fourth-order valence-electron chi connectivity index (χ4n) is 2.62. The van der Waals surface area contributed by atoms with Crippen LogP contribution in [0, 0.1) is 11.3 Å². The molecule has 2 heterocycles. The molecule has 0 atom stereocenters. The van der Waals surface area contributed by atoms with E-state index in [1.165, 1.54) is 11.1 Å². The number of hydrogen-bond acceptors (Lipinski definition) is 4. The summed E-state index contributed by atoms with van der Waals surface area (Å²) >= 11 is 0. The summed E-state index contributed by atoms with van der Waals surface area (Å²) in [7, 11) is 0. The van der Waals surface area contributed by atoms with Gasteiger partial charge >= 0.3 is 0 Å².